The van der Waals surface area contributed by atoms with Crippen molar-refractivity contribution < 1.29 is 44.0 Å². The topological polar surface area (TPSA) is 194 Å². The minimum Gasteiger partial charge on any atom is -0.510 e. The number of aromatic hydroxyl groups is 1. The van der Waals surface area contributed by atoms with Gasteiger partial charge in [0.2, 0.25) is 5.78 Å². The quantitative estimate of drug-likeness (QED) is 0.255. The van der Waals surface area contributed by atoms with Crippen molar-refractivity contribution in [3.63, 3.8) is 0 Å². The van der Waals surface area contributed by atoms with Gasteiger partial charge in [0.25, 0.3) is 11.8 Å². The van der Waals surface area contributed by atoms with Crippen molar-refractivity contribution in [1.82, 2.24) is 15.1 Å². The van der Waals surface area contributed by atoms with Crippen LogP contribution in [0.15, 0.2) is 28.7 Å². The average molecular weight is 547 g/mol. The van der Waals surface area contributed by atoms with Gasteiger partial charge in [-0.15, -0.1) is 0 Å². The third-order valence-electron chi connectivity index (χ3n) is 7.74. The largest absolute Gasteiger partial charge is 0.510 e. The first-order valence-corrected chi connectivity index (χ1v) is 12.3. The van der Waals surface area contributed by atoms with Crippen molar-refractivity contribution in [2.24, 2.45) is 17.6 Å². The Morgan fingerprint density at radius 1 is 1.18 bits per heavy atom. The highest BCUT2D eigenvalue weighted by Crippen LogP contribution is 2.52. The molecule has 7 N–H and O–H groups in total. The zero-order valence-corrected chi connectivity index (χ0v) is 21.9. The summed E-state index contributed by atoms with van der Waals surface area (Å²) >= 11 is 0. The Kier molecular flexibility index (Phi) is 7.04. The number of halogens is 1. The van der Waals surface area contributed by atoms with Crippen molar-refractivity contribution in [3.05, 3.63) is 51.2 Å². The van der Waals surface area contributed by atoms with Gasteiger partial charge in [0, 0.05) is 24.6 Å². The van der Waals surface area contributed by atoms with Crippen molar-refractivity contribution >= 4 is 23.4 Å². The second kappa shape index (κ2) is 9.74. The molecule has 1 aromatic rings. The molecule has 0 radical (unpaired) electrons. The molecule has 4 rings (SSSR count). The number of aliphatic hydroxyl groups excluding tert-OH is 2. The lowest BCUT2D eigenvalue weighted by Crippen LogP contribution is -2.63. The van der Waals surface area contributed by atoms with Gasteiger partial charge in [0.1, 0.15) is 34.2 Å². The van der Waals surface area contributed by atoms with Crippen LogP contribution in [0.3, 0.4) is 0 Å². The number of benzene rings is 1. The minimum absolute atomic E-state index is 0.0768. The number of carbonyl (C=O) groups excluding carboxylic acids is 4. The summed E-state index contributed by atoms with van der Waals surface area (Å²) in [5, 5.41) is 47.0. The number of hydrogen-bond acceptors (Lipinski definition) is 10. The summed E-state index contributed by atoms with van der Waals surface area (Å²) in [6.45, 7) is 0.565. The molecule has 4 atom stereocenters. The van der Waals surface area contributed by atoms with Gasteiger partial charge in [0.05, 0.1) is 11.6 Å². The molecular formula is C26H31FN4O8. The van der Waals surface area contributed by atoms with Crippen LogP contribution >= 0.6 is 0 Å². The van der Waals surface area contributed by atoms with Crippen LogP contribution in [0.1, 0.15) is 32.7 Å². The average Bonchev–Trinajstić information content (AvgIpc) is 2.80. The molecule has 12 nitrogen and oxygen atoms in total. The predicted octanol–water partition coefficient (Wildman–Crippen LogP) is -0.449. The second-order valence-electron chi connectivity index (χ2n) is 10.6. The van der Waals surface area contributed by atoms with Gasteiger partial charge in [-0.3, -0.25) is 24.1 Å². The van der Waals surface area contributed by atoms with Crippen LogP contribution in [-0.2, 0) is 16.0 Å². The highest BCUT2D eigenvalue weighted by atomic mass is 19.1. The number of carbonyl (C=O) groups is 4. The van der Waals surface area contributed by atoms with Crippen LogP contribution in [0, 0.1) is 17.7 Å². The first-order valence-electron chi connectivity index (χ1n) is 12.3. The third-order valence-corrected chi connectivity index (χ3v) is 7.74. The maximum atomic E-state index is 15.0. The fourth-order valence-electron chi connectivity index (χ4n) is 5.97. The van der Waals surface area contributed by atoms with E-state index in [-0.39, 0.29) is 24.9 Å². The summed E-state index contributed by atoms with van der Waals surface area (Å²) in [4.78, 5) is 54.9. The maximum Gasteiger partial charge on any atom is 0.258 e. The smallest absolute Gasteiger partial charge is 0.258 e. The highest BCUT2D eigenvalue weighted by Gasteiger charge is 2.63. The van der Waals surface area contributed by atoms with Crippen molar-refractivity contribution in [1.29, 1.82) is 0 Å². The first-order chi connectivity index (χ1) is 18.1. The molecule has 3 aliphatic carbocycles. The summed E-state index contributed by atoms with van der Waals surface area (Å²) in [6.07, 6.45) is -0.206. The number of ketones is 2. The third kappa shape index (κ3) is 4.17. The van der Waals surface area contributed by atoms with Crippen LogP contribution < -0.4 is 11.1 Å². The van der Waals surface area contributed by atoms with Crippen molar-refractivity contribution in [2.45, 2.75) is 24.5 Å². The molecule has 0 bridgehead atoms. The molecule has 0 aromatic heterocycles. The van der Waals surface area contributed by atoms with Gasteiger partial charge in [-0.05, 0) is 58.6 Å². The summed E-state index contributed by atoms with van der Waals surface area (Å²) in [7, 11) is 6.57. The fourth-order valence-corrected chi connectivity index (χ4v) is 5.97. The summed E-state index contributed by atoms with van der Waals surface area (Å²) < 4.78 is 15.0. The maximum absolute atomic E-state index is 15.0. The van der Waals surface area contributed by atoms with E-state index < -0.39 is 92.2 Å². The Morgan fingerprint density at radius 3 is 2.38 bits per heavy atom. The van der Waals surface area contributed by atoms with Crippen LogP contribution in [0.25, 0.3) is 0 Å². The van der Waals surface area contributed by atoms with Crippen LogP contribution in [0.5, 0.6) is 5.75 Å². The predicted molar refractivity (Wildman–Crippen MR) is 135 cm³/mol. The number of allylic oxidation sites excluding steroid dienone is 1. The Balaban J connectivity index is 1.85. The number of phenols is 1. The van der Waals surface area contributed by atoms with E-state index in [0.29, 0.717) is 6.54 Å². The fraction of sp³-hybridized carbons (Fsp3) is 0.462. The van der Waals surface area contributed by atoms with E-state index in [1.54, 1.807) is 19.0 Å². The summed E-state index contributed by atoms with van der Waals surface area (Å²) in [5.41, 5.74) is 0.108. The van der Waals surface area contributed by atoms with E-state index in [9.17, 15) is 39.6 Å². The number of rotatable bonds is 6. The molecule has 1 aromatic carbocycles. The lowest BCUT2D eigenvalue weighted by molar-refractivity contribution is -0.148. The zero-order chi connectivity index (χ0) is 29.1. The molecule has 0 saturated heterocycles. The number of phenolic OH excluding ortho intramolecular Hbond substituents is 1. The molecule has 2 amide bonds. The van der Waals surface area contributed by atoms with Crippen LogP contribution in [0.2, 0.25) is 0 Å². The van der Waals surface area contributed by atoms with Gasteiger partial charge in [-0.2, -0.15) is 0 Å². The lowest BCUT2D eigenvalue weighted by Gasteiger charge is -2.50. The van der Waals surface area contributed by atoms with E-state index in [4.69, 9.17) is 5.73 Å². The Morgan fingerprint density at radius 2 is 1.82 bits per heavy atom. The van der Waals surface area contributed by atoms with Gasteiger partial charge in [0.15, 0.2) is 11.4 Å². The normalized spacial score (nSPS) is 26.5. The Labute approximate surface area is 223 Å². The first kappa shape index (κ1) is 28.2. The molecule has 0 aliphatic heterocycles. The SMILES string of the molecule is CN(C)CCNC(=O)c1c(F)cc2c(c1O)C(=O)C1=C(O)[C@]3(O)C(=O)C(C(N)=O)=C(O)[C@@H](N(C)C)[C@@H]3C[C@@H]1C2. The van der Waals surface area contributed by atoms with Crippen molar-refractivity contribution in [2.75, 3.05) is 41.3 Å². The number of fused-ring (bicyclic) bond motifs is 3. The molecular weight excluding hydrogens is 515 g/mol. The molecule has 0 fully saturated rings. The van der Waals surface area contributed by atoms with Gasteiger partial charge in [-0.1, -0.05) is 0 Å². The molecule has 13 heteroatoms. The van der Waals surface area contributed by atoms with E-state index in [0.717, 1.165) is 6.07 Å². The number of amides is 2. The molecule has 0 unspecified atom stereocenters. The number of likely N-dealkylation sites (N-methyl/N-ethyl adjacent to an activating group) is 2. The minimum atomic E-state index is -2.79. The van der Waals surface area contributed by atoms with E-state index in [1.807, 2.05) is 0 Å². The Hall–Kier alpha value is -3.81. The number of nitrogens with two attached hydrogens (primary N) is 1. The van der Waals surface area contributed by atoms with Crippen LogP contribution in [0.4, 0.5) is 4.39 Å². The summed E-state index contributed by atoms with van der Waals surface area (Å²) in [6, 6.07) is -0.158. The van der Waals surface area contributed by atoms with Gasteiger partial charge >= 0.3 is 0 Å². The number of nitrogens with one attached hydrogen (secondary N) is 1. The molecule has 0 saturated carbocycles. The number of nitrogens with zero attached hydrogens (tertiary/aromatic N) is 2. The molecule has 3 aliphatic rings. The number of aliphatic hydroxyl groups is 3. The van der Waals surface area contributed by atoms with Crippen LogP contribution in [-0.4, -0.2) is 107 Å². The lowest BCUT2D eigenvalue weighted by atomic mass is 9.58. The molecule has 0 heterocycles. The standard InChI is InChI=1S/C26H31FN4O8/c1-30(2)6-5-29-25(38)16-13(27)9-11-7-10-8-12-18(31(3)4)21(34)17(24(28)37)23(36)26(12,39)22(35)15(10)19(32)14(11)20(16)33/h9-10,12,18,33-35,39H,5-8H2,1-4H3,(H2,28,37)(H,29,38)/t10-,12-,18-,26-/m0/s1. The number of hydrogen-bond donors (Lipinski definition) is 6. The monoisotopic (exact) mass is 546 g/mol. The van der Waals surface area contributed by atoms with E-state index in [2.05, 4.69) is 5.32 Å². The number of Topliss-reactive ketones (excluding diaryl/α,β-unsaturated/α-hetero) is 2. The molecule has 210 valence electrons. The Bertz CT molecular complexity index is 1370. The van der Waals surface area contributed by atoms with Crippen molar-refractivity contribution in [3.8, 4) is 5.75 Å². The zero-order valence-electron chi connectivity index (χ0n) is 21.9. The number of primary amides is 1. The highest BCUT2D eigenvalue weighted by molar-refractivity contribution is 6.25. The van der Waals surface area contributed by atoms with Gasteiger partial charge < -0.3 is 36.4 Å². The second-order valence-corrected chi connectivity index (χ2v) is 10.6. The molecule has 0 spiro atoms. The molecule has 39 heavy (non-hydrogen) atoms. The van der Waals surface area contributed by atoms with E-state index >= 15 is 4.39 Å². The van der Waals surface area contributed by atoms with E-state index in [1.165, 1.54) is 19.0 Å². The van der Waals surface area contributed by atoms with Gasteiger partial charge in [-0.25, -0.2) is 4.39 Å². The summed E-state index contributed by atoms with van der Waals surface area (Å²) in [5.74, 6) is -10.4.